The first-order valence-corrected chi connectivity index (χ1v) is 6.49. The minimum atomic E-state index is 0.370. The quantitative estimate of drug-likeness (QED) is 0.606. The highest BCUT2D eigenvalue weighted by Gasteiger charge is 2.18. The fourth-order valence-electron chi connectivity index (χ4n) is 1.78. The Labute approximate surface area is 127 Å². The van der Waals surface area contributed by atoms with E-state index in [-0.39, 0.29) is 0 Å². The van der Waals surface area contributed by atoms with Crippen LogP contribution in [-0.2, 0) is 4.84 Å². The van der Waals surface area contributed by atoms with Crippen LogP contribution in [0.15, 0.2) is 63.3 Å². The van der Waals surface area contributed by atoms with Crippen LogP contribution in [0.3, 0.4) is 0 Å². The molecule has 0 unspecified atom stereocenters. The highest BCUT2D eigenvalue weighted by molar-refractivity contribution is 6.48. The predicted molar refractivity (Wildman–Crippen MR) is 81.3 cm³/mol. The van der Waals surface area contributed by atoms with Crippen LogP contribution in [0.25, 0.3) is 5.57 Å². The molecular formula is C15H10Cl2N2O. The van der Waals surface area contributed by atoms with E-state index in [1.807, 2.05) is 30.3 Å². The second-order valence-electron chi connectivity index (χ2n) is 3.91. The second-order valence-corrected chi connectivity index (χ2v) is 4.72. The van der Waals surface area contributed by atoms with Crippen LogP contribution >= 0.6 is 23.2 Å². The summed E-state index contributed by atoms with van der Waals surface area (Å²) in [6.45, 7) is 0. The summed E-state index contributed by atoms with van der Waals surface area (Å²) < 4.78 is 0. The highest BCUT2D eigenvalue weighted by atomic mass is 35.5. The van der Waals surface area contributed by atoms with Gasteiger partial charge in [-0.1, -0.05) is 58.7 Å². The molecule has 1 aromatic rings. The average molecular weight is 305 g/mol. The normalized spacial score (nSPS) is 19.0. The van der Waals surface area contributed by atoms with Gasteiger partial charge in [0.05, 0.1) is 15.6 Å². The molecule has 0 fully saturated rings. The Bertz CT molecular complexity index is 680. The molecule has 0 bridgehead atoms. The van der Waals surface area contributed by atoms with Gasteiger partial charge in [-0.15, -0.1) is 0 Å². The zero-order valence-corrected chi connectivity index (χ0v) is 12.1. The lowest BCUT2D eigenvalue weighted by atomic mass is 9.97. The van der Waals surface area contributed by atoms with Crippen LogP contribution in [0.1, 0.15) is 5.56 Å². The number of allylic oxidation sites excluding steroid dienone is 6. The monoisotopic (exact) mass is 304 g/mol. The molecule has 5 heteroatoms. The molecule has 1 aromatic carbocycles. The number of oxime groups is 1. The van der Waals surface area contributed by atoms with E-state index in [0.717, 1.165) is 5.56 Å². The van der Waals surface area contributed by atoms with Crippen molar-refractivity contribution in [3.8, 4) is 6.07 Å². The molecule has 1 aliphatic carbocycles. The van der Waals surface area contributed by atoms with Gasteiger partial charge in [-0.05, 0) is 17.7 Å². The van der Waals surface area contributed by atoms with E-state index in [1.54, 1.807) is 12.2 Å². The van der Waals surface area contributed by atoms with Gasteiger partial charge in [-0.25, -0.2) is 0 Å². The number of hydrogen-bond donors (Lipinski definition) is 0. The van der Waals surface area contributed by atoms with E-state index in [4.69, 9.17) is 23.2 Å². The molecule has 0 N–H and O–H groups in total. The van der Waals surface area contributed by atoms with Gasteiger partial charge < -0.3 is 4.84 Å². The maximum atomic E-state index is 9.38. The van der Waals surface area contributed by atoms with Crippen molar-refractivity contribution in [3.05, 3.63) is 63.7 Å². The topological polar surface area (TPSA) is 45.4 Å². The summed E-state index contributed by atoms with van der Waals surface area (Å²) in [7, 11) is 1.43. The summed E-state index contributed by atoms with van der Waals surface area (Å²) in [6.07, 6.45) is 3.19. The fraction of sp³-hybridized carbons (Fsp3) is 0.0667. The van der Waals surface area contributed by atoms with Crippen LogP contribution in [0.4, 0.5) is 0 Å². The molecule has 0 spiro atoms. The van der Waals surface area contributed by atoms with Crippen molar-refractivity contribution >= 4 is 34.5 Å². The molecule has 2 rings (SSSR count). The van der Waals surface area contributed by atoms with Crippen molar-refractivity contribution in [3.63, 3.8) is 0 Å². The van der Waals surface area contributed by atoms with Crippen molar-refractivity contribution in [1.29, 1.82) is 5.26 Å². The molecule has 1 aliphatic rings. The maximum Gasteiger partial charge on any atom is 0.122 e. The van der Waals surface area contributed by atoms with Gasteiger partial charge in [0.25, 0.3) is 0 Å². The van der Waals surface area contributed by atoms with Crippen LogP contribution in [0, 0.1) is 11.3 Å². The van der Waals surface area contributed by atoms with Gasteiger partial charge in [0.1, 0.15) is 18.9 Å². The number of rotatable bonds is 2. The van der Waals surface area contributed by atoms with Gasteiger partial charge in [0, 0.05) is 5.57 Å². The van der Waals surface area contributed by atoms with E-state index in [1.165, 1.54) is 7.11 Å². The van der Waals surface area contributed by atoms with Crippen molar-refractivity contribution in [1.82, 2.24) is 0 Å². The Morgan fingerprint density at radius 3 is 2.45 bits per heavy atom. The van der Waals surface area contributed by atoms with E-state index in [9.17, 15) is 5.26 Å². The number of benzene rings is 1. The molecule has 0 amide bonds. The van der Waals surface area contributed by atoms with Gasteiger partial charge in [0.15, 0.2) is 0 Å². The Morgan fingerprint density at radius 2 is 1.85 bits per heavy atom. The summed E-state index contributed by atoms with van der Waals surface area (Å²) in [5.74, 6) is 0. The standard InChI is InChI=1S/C15H10Cl2N2O/c1-20-19-15-8-13(16)11(7-14(15)17)12(9-18)10-5-3-2-4-6-10/h2-8H,1H3/b12-11-,19-15-. The molecule has 3 nitrogen and oxygen atoms in total. The van der Waals surface area contributed by atoms with E-state index < -0.39 is 0 Å². The van der Waals surface area contributed by atoms with Crippen molar-refractivity contribution in [2.75, 3.05) is 7.11 Å². The third kappa shape index (κ3) is 2.93. The Kier molecular flexibility index (Phi) is 4.62. The number of nitriles is 1. The lowest BCUT2D eigenvalue weighted by molar-refractivity contribution is 0.214. The SMILES string of the molecule is CO/N=C1C=C(Cl)/C(=C(/C#N)c2ccccc2)C=C/1Cl. The third-order valence-electron chi connectivity index (χ3n) is 2.67. The maximum absolute atomic E-state index is 9.38. The molecule has 0 saturated carbocycles. The third-order valence-corrected chi connectivity index (χ3v) is 3.29. The van der Waals surface area contributed by atoms with Gasteiger partial charge in [0.2, 0.25) is 0 Å². The molecule has 0 aromatic heterocycles. The first-order valence-electron chi connectivity index (χ1n) is 5.73. The molecular weight excluding hydrogens is 295 g/mol. The number of halogens is 2. The zero-order chi connectivity index (χ0) is 14.5. The molecule has 0 heterocycles. The van der Waals surface area contributed by atoms with E-state index in [0.29, 0.717) is 26.9 Å². The van der Waals surface area contributed by atoms with Crippen LogP contribution in [0.2, 0.25) is 0 Å². The number of nitrogens with zero attached hydrogens (tertiary/aromatic N) is 2. The summed E-state index contributed by atoms with van der Waals surface area (Å²) in [5, 5.41) is 13.9. The van der Waals surface area contributed by atoms with Crippen LogP contribution < -0.4 is 0 Å². The Balaban J connectivity index is 2.57. The Morgan fingerprint density at radius 1 is 1.15 bits per heavy atom. The number of hydrogen-bond acceptors (Lipinski definition) is 3. The summed E-state index contributed by atoms with van der Waals surface area (Å²) in [5.41, 5.74) is 2.24. The molecule has 100 valence electrons. The predicted octanol–water partition coefficient (Wildman–Crippen LogP) is 4.23. The summed E-state index contributed by atoms with van der Waals surface area (Å²) in [6, 6.07) is 11.5. The van der Waals surface area contributed by atoms with Crippen molar-refractivity contribution < 1.29 is 4.84 Å². The van der Waals surface area contributed by atoms with E-state index >= 15 is 0 Å². The lowest BCUT2D eigenvalue weighted by Gasteiger charge is -2.12. The van der Waals surface area contributed by atoms with Crippen molar-refractivity contribution in [2.45, 2.75) is 0 Å². The summed E-state index contributed by atoms with van der Waals surface area (Å²) >= 11 is 12.3. The second kappa shape index (κ2) is 6.42. The first-order chi connectivity index (χ1) is 9.67. The lowest BCUT2D eigenvalue weighted by Crippen LogP contribution is -2.04. The summed E-state index contributed by atoms with van der Waals surface area (Å²) in [4.78, 5) is 4.69. The molecule has 0 atom stereocenters. The van der Waals surface area contributed by atoms with Crippen LogP contribution in [0.5, 0.6) is 0 Å². The zero-order valence-electron chi connectivity index (χ0n) is 10.6. The molecule has 0 aliphatic heterocycles. The minimum absolute atomic E-state index is 0.370. The molecule has 0 radical (unpaired) electrons. The molecule has 0 saturated heterocycles. The largest absolute Gasteiger partial charge is 0.399 e. The van der Waals surface area contributed by atoms with Gasteiger partial charge in [-0.3, -0.25) is 0 Å². The smallest absolute Gasteiger partial charge is 0.122 e. The fourth-order valence-corrected chi connectivity index (χ4v) is 2.23. The average Bonchev–Trinajstić information content (AvgIpc) is 2.46. The minimum Gasteiger partial charge on any atom is -0.399 e. The van der Waals surface area contributed by atoms with Crippen LogP contribution in [-0.4, -0.2) is 12.8 Å². The molecule has 20 heavy (non-hydrogen) atoms. The first kappa shape index (κ1) is 14.4. The van der Waals surface area contributed by atoms with Gasteiger partial charge in [-0.2, -0.15) is 5.26 Å². The highest BCUT2D eigenvalue weighted by Crippen LogP contribution is 2.32. The van der Waals surface area contributed by atoms with E-state index in [2.05, 4.69) is 16.1 Å². The van der Waals surface area contributed by atoms with Crippen molar-refractivity contribution in [2.24, 2.45) is 5.16 Å². The Hall–Kier alpha value is -2.02. The van der Waals surface area contributed by atoms with Gasteiger partial charge >= 0.3 is 0 Å².